The number of urea groups is 1. The Morgan fingerprint density at radius 1 is 1.22 bits per heavy atom. The zero-order valence-electron chi connectivity index (χ0n) is 18.5. The van der Waals surface area contributed by atoms with Gasteiger partial charge in [0, 0.05) is 17.6 Å². The maximum Gasteiger partial charge on any atom is 0.344 e. The van der Waals surface area contributed by atoms with Gasteiger partial charge in [-0.1, -0.05) is 35.9 Å². The molecular formula is C23H27ClN4O4. The molecule has 0 spiro atoms. The fourth-order valence-electron chi connectivity index (χ4n) is 3.50. The summed E-state index contributed by atoms with van der Waals surface area (Å²) in [6.07, 6.45) is 0. The van der Waals surface area contributed by atoms with Crippen LogP contribution in [0.1, 0.15) is 31.9 Å². The molecule has 1 unspecified atom stereocenters. The summed E-state index contributed by atoms with van der Waals surface area (Å²) in [5.41, 5.74) is 2.69. The minimum absolute atomic E-state index is 0.000486. The van der Waals surface area contributed by atoms with E-state index in [0.717, 1.165) is 10.6 Å². The first-order valence-electron chi connectivity index (χ1n) is 10.2. The molecule has 0 aromatic heterocycles. The number of hydrazine groups is 1. The molecule has 1 aliphatic rings. The molecule has 2 aromatic rings. The lowest BCUT2D eigenvalue weighted by Gasteiger charge is -2.27. The van der Waals surface area contributed by atoms with E-state index < -0.39 is 23.4 Å². The van der Waals surface area contributed by atoms with E-state index in [-0.39, 0.29) is 12.6 Å². The van der Waals surface area contributed by atoms with Gasteiger partial charge < -0.3 is 10.1 Å². The molecule has 32 heavy (non-hydrogen) atoms. The van der Waals surface area contributed by atoms with Crippen LogP contribution in [0, 0.1) is 0 Å². The Morgan fingerprint density at radius 2 is 1.91 bits per heavy atom. The highest BCUT2D eigenvalue weighted by Crippen LogP contribution is 2.29. The lowest BCUT2D eigenvalue weighted by atomic mass is 9.92. The number of benzene rings is 2. The van der Waals surface area contributed by atoms with Gasteiger partial charge in [-0.25, -0.2) is 4.79 Å². The molecule has 2 aromatic carbocycles. The molecule has 0 bridgehead atoms. The molecule has 9 heteroatoms. The second-order valence-electron chi connectivity index (χ2n) is 8.09. The number of hydrogen-bond acceptors (Lipinski definition) is 5. The molecule has 170 valence electrons. The molecule has 1 fully saturated rings. The average molecular weight is 459 g/mol. The van der Waals surface area contributed by atoms with Crippen LogP contribution < -0.4 is 15.5 Å². The van der Waals surface area contributed by atoms with Crippen LogP contribution in [0.2, 0.25) is 5.02 Å². The molecule has 4 amide bonds. The van der Waals surface area contributed by atoms with Gasteiger partial charge in [-0.05, 0) is 56.2 Å². The van der Waals surface area contributed by atoms with Crippen molar-refractivity contribution in [1.82, 2.24) is 20.7 Å². The molecule has 8 nitrogen and oxygen atoms in total. The number of amides is 4. The highest BCUT2D eigenvalue weighted by molar-refractivity contribution is 6.30. The van der Waals surface area contributed by atoms with E-state index >= 15 is 0 Å². The molecular weight excluding hydrogens is 432 g/mol. The monoisotopic (exact) mass is 458 g/mol. The molecule has 0 aliphatic carbocycles. The zero-order valence-corrected chi connectivity index (χ0v) is 19.3. The van der Waals surface area contributed by atoms with Crippen LogP contribution in [0.15, 0.2) is 48.5 Å². The van der Waals surface area contributed by atoms with Crippen LogP contribution in [0.25, 0.3) is 0 Å². The topological polar surface area (TPSA) is 91.0 Å². The van der Waals surface area contributed by atoms with Gasteiger partial charge in [0.05, 0.1) is 13.7 Å². The van der Waals surface area contributed by atoms with Crippen LogP contribution in [-0.4, -0.2) is 47.5 Å². The summed E-state index contributed by atoms with van der Waals surface area (Å²) in [6.45, 7) is 6.02. The lowest BCUT2D eigenvalue weighted by molar-refractivity contribution is -0.139. The van der Waals surface area contributed by atoms with E-state index in [4.69, 9.17) is 16.3 Å². The SMILES string of the molecule is COc1ccc(C2(C)NC(=O)N(NC(=O)CN(Cc3cccc(Cl)c3)C(C)C)C2=O)cc1. The third-order valence-corrected chi connectivity index (χ3v) is 5.68. The molecule has 0 radical (unpaired) electrons. The first-order valence-corrected chi connectivity index (χ1v) is 10.6. The quantitative estimate of drug-likeness (QED) is 0.593. The predicted molar refractivity (Wildman–Crippen MR) is 121 cm³/mol. The van der Waals surface area contributed by atoms with Gasteiger partial charge in [0.2, 0.25) is 0 Å². The third kappa shape index (κ3) is 5.03. The number of imide groups is 1. The molecule has 0 saturated carbocycles. The van der Waals surface area contributed by atoms with Gasteiger partial charge in [0.25, 0.3) is 11.8 Å². The number of carbonyl (C=O) groups is 3. The maximum atomic E-state index is 13.0. The summed E-state index contributed by atoms with van der Waals surface area (Å²) in [6, 6.07) is 13.6. The van der Waals surface area contributed by atoms with Crippen LogP contribution in [0.5, 0.6) is 5.75 Å². The van der Waals surface area contributed by atoms with Crippen molar-refractivity contribution in [2.75, 3.05) is 13.7 Å². The van der Waals surface area contributed by atoms with Crippen LogP contribution in [0.4, 0.5) is 4.79 Å². The first kappa shape index (κ1) is 23.6. The highest BCUT2D eigenvalue weighted by Gasteiger charge is 2.50. The number of rotatable bonds is 8. The first-order chi connectivity index (χ1) is 15.1. The second kappa shape index (κ2) is 9.58. The van der Waals surface area contributed by atoms with E-state index in [1.165, 1.54) is 0 Å². The normalized spacial score (nSPS) is 18.3. The summed E-state index contributed by atoms with van der Waals surface area (Å²) < 4.78 is 5.14. The second-order valence-corrected chi connectivity index (χ2v) is 8.52. The molecule has 3 rings (SSSR count). The molecule has 1 heterocycles. The fraction of sp³-hybridized carbons (Fsp3) is 0.348. The van der Waals surface area contributed by atoms with Gasteiger partial charge in [0.1, 0.15) is 11.3 Å². The molecule has 1 atom stereocenters. The summed E-state index contributed by atoms with van der Waals surface area (Å²) in [4.78, 5) is 40.2. The van der Waals surface area contributed by atoms with Gasteiger partial charge in [-0.2, -0.15) is 5.01 Å². The van der Waals surface area contributed by atoms with Crippen molar-refractivity contribution < 1.29 is 19.1 Å². The predicted octanol–water partition coefficient (Wildman–Crippen LogP) is 3.06. The number of carbonyl (C=O) groups excluding carboxylic acids is 3. The molecule has 2 N–H and O–H groups in total. The lowest BCUT2D eigenvalue weighted by Crippen LogP contribution is -2.51. The van der Waals surface area contributed by atoms with E-state index in [1.807, 2.05) is 36.9 Å². The number of nitrogens with one attached hydrogen (secondary N) is 2. The Bertz CT molecular complexity index is 1010. The summed E-state index contributed by atoms with van der Waals surface area (Å²) in [7, 11) is 1.54. The largest absolute Gasteiger partial charge is 0.497 e. The minimum atomic E-state index is -1.30. The number of nitrogens with zero attached hydrogens (tertiary/aromatic N) is 2. The Kier molecular flexibility index (Phi) is 7.06. The summed E-state index contributed by atoms with van der Waals surface area (Å²) in [5.74, 6) is -0.400. The van der Waals surface area contributed by atoms with Crippen LogP contribution >= 0.6 is 11.6 Å². The van der Waals surface area contributed by atoms with Crippen molar-refractivity contribution in [1.29, 1.82) is 0 Å². The standard InChI is InChI=1S/C23H27ClN4O4/c1-15(2)27(13-16-6-5-7-18(24)12-16)14-20(29)26-28-21(30)23(3,25-22(28)31)17-8-10-19(32-4)11-9-17/h5-12,15H,13-14H2,1-4H3,(H,25,31)(H,26,29). The third-order valence-electron chi connectivity index (χ3n) is 5.45. The van der Waals surface area contributed by atoms with Crippen molar-refractivity contribution >= 4 is 29.4 Å². The smallest absolute Gasteiger partial charge is 0.344 e. The van der Waals surface area contributed by atoms with E-state index in [1.54, 1.807) is 44.4 Å². The van der Waals surface area contributed by atoms with Crippen LogP contribution in [-0.2, 0) is 21.7 Å². The van der Waals surface area contributed by atoms with Crippen molar-refractivity contribution in [3.63, 3.8) is 0 Å². The molecule has 1 aliphatic heterocycles. The van der Waals surface area contributed by atoms with E-state index in [9.17, 15) is 14.4 Å². The minimum Gasteiger partial charge on any atom is -0.497 e. The Balaban J connectivity index is 1.69. The van der Waals surface area contributed by atoms with Crippen molar-refractivity contribution in [3.05, 3.63) is 64.7 Å². The Labute approximate surface area is 192 Å². The number of halogens is 1. The summed E-state index contributed by atoms with van der Waals surface area (Å²) in [5, 5.41) is 4.02. The van der Waals surface area contributed by atoms with Gasteiger partial charge in [-0.3, -0.25) is 19.9 Å². The summed E-state index contributed by atoms with van der Waals surface area (Å²) >= 11 is 6.06. The molecule has 1 saturated heterocycles. The van der Waals surface area contributed by atoms with Crippen LogP contribution in [0.3, 0.4) is 0 Å². The van der Waals surface area contributed by atoms with Crippen molar-refractivity contribution in [2.45, 2.75) is 38.9 Å². The van der Waals surface area contributed by atoms with Crippen molar-refractivity contribution in [2.24, 2.45) is 0 Å². The maximum absolute atomic E-state index is 13.0. The zero-order chi connectivity index (χ0) is 23.5. The van der Waals surface area contributed by atoms with E-state index in [2.05, 4.69) is 10.7 Å². The van der Waals surface area contributed by atoms with Gasteiger partial charge in [0.15, 0.2) is 0 Å². The number of hydrogen-bond donors (Lipinski definition) is 2. The van der Waals surface area contributed by atoms with Crippen molar-refractivity contribution in [3.8, 4) is 5.75 Å². The highest BCUT2D eigenvalue weighted by atomic mass is 35.5. The van der Waals surface area contributed by atoms with E-state index in [0.29, 0.717) is 22.9 Å². The number of methoxy groups -OCH3 is 1. The Hall–Kier alpha value is -3.10. The van der Waals surface area contributed by atoms with Gasteiger partial charge in [-0.15, -0.1) is 0 Å². The van der Waals surface area contributed by atoms with Gasteiger partial charge >= 0.3 is 6.03 Å². The Morgan fingerprint density at radius 3 is 2.50 bits per heavy atom. The number of ether oxygens (including phenoxy) is 1. The fourth-order valence-corrected chi connectivity index (χ4v) is 3.71. The average Bonchev–Trinajstić information content (AvgIpc) is 2.97.